The van der Waals surface area contributed by atoms with Crippen molar-refractivity contribution in [2.24, 2.45) is 0 Å². The molecule has 2 rings (SSSR count). The molecule has 2 heterocycles. The average molecular weight is 181 g/mol. The SMILES string of the molecule is Cc1coc(C2CN(C)CCN2)n1. The van der Waals surface area contributed by atoms with Gasteiger partial charge >= 0.3 is 0 Å². The molecule has 0 saturated carbocycles. The van der Waals surface area contributed by atoms with E-state index in [1.807, 2.05) is 6.92 Å². The van der Waals surface area contributed by atoms with Crippen LogP contribution in [0.25, 0.3) is 0 Å². The largest absolute Gasteiger partial charge is 0.447 e. The van der Waals surface area contributed by atoms with E-state index in [0.717, 1.165) is 31.2 Å². The third-order valence-electron chi connectivity index (χ3n) is 2.31. The molecule has 0 amide bonds. The normalized spacial score (nSPS) is 24.9. The number of piperazine rings is 1. The Labute approximate surface area is 77.9 Å². The minimum Gasteiger partial charge on any atom is -0.447 e. The van der Waals surface area contributed by atoms with Crippen LogP contribution in [0, 0.1) is 6.92 Å². The lowest BCUT2D eigenvalue weighted by Gasteiger charge is -2.28. The van der Waals surface area contributed by atoms with Crippen LogP contribution in [0.3, 0.4) is 0 Å². The molecule has 0 radical (unpaired) electrons. The lowest BCUT2D eigenvalue weighted by atomic mass is 10.2. The second-order valence-corrected chi connectivity index (χ2v) is 3.60. The highest BCUT2D eigenvalue weighted by Gasteiger charge is 2.21. The van der Waals surface area contributed by atoms with Crippen molar-refractivity contribution in [2.45, 2.75) is 13.0 Å². The topological polar surface area (TPSA) is 41.3 Å². The summed E-state index contributed by atoms with van der Waals surface area (Å²) in [4.78, 5) is 6.59. The van der Waals surface area contributed by atoms with Crippen molar-refractivity contribution in [3.8, 4) is 0 Å². The highest BCUT2D eigenvalue weighted by molar-refractivity contribution is 4.99. The molecule has 1 N–H and O–H groups in total. The number of hydrogen-bond acceptors (Lipinski definition) is 4. The van der Waals surface area contributed by atoms with E-state index in [1.165, 1.54) is 0 Å². The third kappa shape index (κ3) is 1.89. The Morgan fingerprint density at radius 1 is 1.69 bits per heavy atom. The Morgan fingerprint density at radius 2 is 2.54 bits per heavy atom. The molecule has 4 heteroatoms. The molecule has 1 aromatic heterocycles. The molecule has 1 saturated heterocycles. The summed E-state index contributed by atoms with van der Waals surface area (Å²) < 4.78 is 5.35. The first-order valence-electron chi connectivity index (χ1n) is 4.59. The van der Waals surface area contributed by atoms with E-state index in [9.17, 15) is 0 Å². The quantitative estimate of drug-likeness (QED) is 0.687. The van der Waals surface area contributed by atoms with Crippen LogP contribution in [0.15, 0.2) is 10.7 Å². The van der Waals surface area contributed by atoms with Crippen molar-refractivity contribution < 1.29 is 4.42 Å². The fourth-order valence-corrected chi connectivity index (χ4v) is 1.59. The van der Waals surface area contributed by atoms with E-state index in [2.05, 4.69) is 22.2 Å². The van der Waals surface area contributed by atoms with Gasteiger partial charge in [0.05, 0.1) is 11.7 Å². The molecule has 1 atom stereocenters. The van der Waals surface area contributed by atoms with Gasteiger partial charge < -0.3 is 14.6 Å². The number of likely N-dealkylation sites (N-methyl/N-ethyl adjacent to an activating group) is 1. The fraction of sp³-hybridized carbons (Fsp3) is 0.667. The standard InChI is InChI=1S/C9H15N3O/c1-7-6-13-9(11-7)8-5-12(2)4-3-10-8/h6,8,10H,3-5H2,1-2H3. The van der Waals surface area contributed by atoms with Gasteiger partial charge in [-0.2, -0.15) is 0 Å². The summed E-state index contributed by atoms with van der Waals surface area (Å²) in [5, 5.41) is 3.38. The third-order valence-corrected chi connectivity index (χ3v) is 2.31. The lowest BCUT2D eigenvalue weighted by Crippen LogP contribution is -2.43. The second kappa shape index (κ2) is 3.47. The minimum atomic E-state index is 0.257. The smallest absolute Gasteiger partial charge is 0.212 e. The summed E-state index contributed by atoms with van der Waals surface area (Å²) in [6.07, 6.45) is 1.70. The average Bonchev–Trinajstić information content (AvgIpc) is 2.52. The van der Waals surface area contributed by atoms with Gasteiger partial charge in [-0.15, -0.1) is 0 Å². The van der Waals surface area contributed by atoms with Gasteiger partial charge in [0.15, 0.2) is 0 Å². The number of hydrogen-bond donors (Lipinski definition) is 1. The summed E-state index contributed by atoms with van der Waals surface area (Å²) in [7, 11) is 2.11. The fourth-order valence-electron chi connectivity index (χ4n) is 1.59. The first-order chi connectivity index (χ1) is 6.25. The van der Waals surface area contributed by atoms with Gasteiger partial charge in [-0.25, -0.2) is 4.98 Å². The highest BCUT2D eigenvalue weighted by atomic mass is 16.3. The van der Waals surface area contributed by atoms with Gasteiger partial charge in [-0.05, 0) is 14.0 Å². The van der Waals surface area contributed by atoms with Crippen LogP contribution in [-0.4, -0.2) is 36.6 Å². The monoisotopic (exact) mass is 181 g/mol. The van der Waals surface area contributed by atoms with Crippen molar-refractivity contribution in [1.82, 2.24) is 15.2 Å². The number of oxazole rings is 1. The highest BCUT2D eigenvalue weighted by Crippen LogP contribution is 2.15. The number of aromatic nitrogens is 1. The van der Waals surface area contributed by atoms with Gasteiger partial charge in [0.2, 0.25) is 5.89 Å². The minimum absolute atomic E-state index is 0.257. The zero-order valence-corrected chi connectivity index (χ0v) is 8.08. The summed E-state index contributed by atoms with van der Waals surface area (Å²) >= 11 is 0. The molecule has 1 unspecified atom stereocenters. The zero-order valence-electron chi connectivity index (χ0n) is 8.08. The number of rotatable bonds is 1. The molecule has 1 aromatic rings. The predicted molar refractivity (Wildman–Crippen MR) is 49.5 cm³/mol. The van der Waals surface area contributed by atoms with Crippen molar-refractivity contribution in [3.05, 3.63) is 17.8 Å². The molecule has 0 spiro atoms. The van der Waals surface area contributed by atoms with Crippen molar-refractivity contribution in [2.75, 3.05) is 26.7 Å². The van der Waals surface area contributed by atoms with E-state index >= 15 is 0 Å². The van der Waals surface area contributed by atoms with Crippen LogP contribution >= 0.6 is 0 Å². The summed E-state index contributed by atoms with van der Waals surface area (Å²) in [5.41, 5.74) is 0.949. The molecule has 0 aromatic carbocycles. The summed E-state index contributed by atoms with van der Waals surface area (Å²) in [6, 6.07) is 0.257. The Bertz CT molecular complexity index is 284. The molecular weight excluding hydrogens is 166 g/mol. The van der Waals surface area contributed by atoms with Crippen LogP contribution in [-0.2, 0) is 0 Å². The Morgan fingerprint density at radius 3 is 3.15 bits per heavy atom. The van der Waals surface area contributed by atoms with Crippen molar-refractivity contribution in [3.63, 3.8) is 0 Å². The first kappa shape index (κ1) is 8.72. The van der Waals surface area contributed by atoms with Crippen LogP contribution in [0.4, 0.5) is 0 Å². The number of nitrogens with one attached hydrogen (secondary N) is 1. The van der Waals surface area contributed by atoms with Gasteiger partial charge in [0, 0.05) is 19.6 Å². The second-order valence-electron chi connectivity index (χ2n) is 3.60. The molecule has 1 aliphatic heterocycles. The molecule has 1 aliphatic rings. The molecule has 0 bridgehead atoms. The summed E-state index contributed by atoms with van der Waals surface area (Å²) in [6.45, 7) is 5.01. The maximum absolute atomic E-state index is 5.35. The van der Waals surface area contributed by atoms with E-state index in [1.54, 1.807) is 6.26 Å². The van der Waals surface area contributed by atoms with Gasteiger partial charge in [-0.3, -0.25) is 0 Å². The lowest BCUT2D eigenvalue weighted by molar-refractivity contribution is 0.218. The molecule has 4 nitrogen and oxygen atoms in total. The molecule has 1 fully saturated rings. The predicted octanol–water partition coefficient (Wildman–Crippen LogP) is 0.559. The Kier molecular flexibility index (Phi) is 2.33. The van der Waals surface area contributed by atoms with Crippen LogP contribution in [0.1, 0.15) is 17.6 Å². The maximum atomic E-state index is 5.35. The maximum Gasteiger partial charge on any atom is 0.212 e. The Hall–Kier alpha value is -0.870. The van der Waals surface area contributed by atoms with Crippen molar-refractivity contribution >= 4 is 0 Å². The van der Waals surface area contributed by atoms with Gasteiger partial charge in [0.25, 0.3) is 0 Å². The van der Waals surface area contributed by atoms with Crippen LogP contribution in [0.2, 0.25) is 0 Å². The van der Waals surface area contributed by atoms with Gasteiger partial charge in [0.1, 0.15) is 6.26 Å². The number of aryl methyl sites for hydroxylation is 1. The number of nitrogens with zero attached hydrogens (tertiary/aromatic N) is 2. The van der Waals surface area contributed by atoms with Crippen molar-refractivity contribution in [1.29, 1.82) is 0 Å². The van der Waals surface area contributed by atoms with E-state index < -0.39 is 0 Å². The van der Waals surface area contributed by atoms with E-state index in [4.69, 9.17) is 4.42 Å². The van der Waals surface area contributed by atoms with Gasteiger partial charge in [-0.1, -0.05) is 0 Å². The molecular formula is C9H15N3O. The molecule has 13 heavy (non-hydrogen) atoms. The molecule has 72 valence electrons. The van der Waals surface area contributed by atoms with E-state index in [-0.39, 0.29) is 6.04 Å². The van der Waals surface area contributed by atoms with E-state index in [0.29, 0.717) is 0 Å². The first-order valence-corrected chi connectivity index (χ1v) is 4.59. The zero-order chi connectivity index (χ0) is 9.26. The Balaban J connectivity index is 2.08. The molecule has 0 aliphatic carbocycles. The van der Waals surface area contributed by atoms with Crippen LogP contribution in [0.5, 0.6) is 0 Å². The summed E-state index contributed by atoms with van der Waals surface area (Å²) in [5.74, 6) is 0.809. The van der Waals surface area contributed by atoms with Crippen LogP contribution < -0.4 is 5.32 Å².